The van der Waals surface area contributed by atoms with Crippen molar-refractivity contribution in [2.75, 3.05) is 6.61 Å². The SMILES string of the molecule is Cc1ccc(OCC(=O)N(Cc2ccc(Cl)cc2)[C@@H](Cc2ccccc2)C(=O)NC2CCCC2)cc1C. The maximum absolute atomic E-state index is 13.7. The van der Waals surface area contributed by atoms with Gasteiger partial charge in [-0.05, 0) is 73.2 Å². The van der Waals surface area contributed by atoms with Gasteiger partial charge in [-0.3, -0.25) is 9.59 Å². The highest BCUT2D eigenvalue weighted by molar-refractivity contribution is 6.30. The van der Waals surface area contributed by atoms with Gasteiger partial charge in [0.2, 0.25) is 5.91 Å². The number of hydrogen-bond acceptors (Lipinski definition) is 3. The van der Waals surface area contributed by atoms with Crippen molar-refractivity contribution in [3.8, 4) is 5.75 Å². The molecule has 194 valence electrons. The molecule has 5 nitrogen and oxygen atoms in total. The van der Waals surface area contributed by atoms with Gasteiger partial charge in [0.05, 0.1) is 0 Å². The Bertz CT molecular complexity index is 1190. The number of rotatable bonds is 10. The van der Waals surface area contributed by atoms with Gasteiger partial charge in [0.1, 0.15) is 11.8 Å². The summed E-state index contributed by atoms with van der Waals surface area (Å²) in [5.41, 5.74) is 4.16. The van der Waals surface area contributed by atoms with Crippen LogP contribution in [-0.4, -0.2) is 35.4 Å². The Hall–Kier alpha value is -3.31. The topological polar surface area (TPSA) is 58.6 Å². The minimum absolute atomic E-state index is 0.121. The zero-order chi connectivity index (χ0) is 26.2. The van der Waals surface area contributed by atoms with Crippen LogP contribution in [0.2, 0.25) is 5.02 Å². The summed E-state index contributed by atoms with van der Waals surface area (Å²) in [7, 11) is 0. The Morgan fingerprint density at radius 3 is 2.32 bits per heavy atom. The van der Waals surface area contributed by atoms with Gasteiger partial charge in [-0.25, -0.2) is 0 Å². The van der Waals surface area contributed by atoms with Gasteiger partial charge in [-0.1, -0.05) is 73.0 Å². The summed E-state index contributed by atoms with van der Waals surface area (Å²) in [4.78, 5) is 29.0. The number of amides is 2. The smallest absolute Gasteiger partial charge is 0.261 e. The Morgan fingerprint density at radius 1 is 0.946 bits per heavy atom. The third-order valence-corrected chi connectivity index (χ3v) is 7.33. The monoisotopic (exact) mass is 518 g/mol. The van der Waals surface area contributed by atoms with E-state index in [1.165, 1.54) is 0 Å². The van der Waals surface area contributed by atoms with Crippen molar-refractivity contribution in [3.63, 3.8) is 0 Å². The number of hydrogen-bond donors (Lipinski definition) is 1. The van der Waals surface area contributed by atoms with Gasteiger partial charge in [-0.15, -0.1) is 0 Å². The van der Waals surface area contributed by atoms with Crippen LogP contribution in [0.5, 0.6) is 5.75 Å². The van der Waals surface area contributed by atoms with Gasteiger partial charge in [0, 0.05) is 24.0 Å². The van der Waals surface area contributed by atoms with Crippen LogP contribution < -0.4 is 10.1 Å². The fraction of sp³-hybridized carbons (Fsp3) is 0.355. The summed E-state index contributed by atoms with van der Waals surface area (Å²) in [6.45, 7) is 4.18. The van der Waals surface area contributed by atoms with Crippen molar-refractivity contribution >= 4 is 23.4 Å². The molecule has 1 aliphatic rings. The molecule has 1 atom stereocenters. The Balaban J connectivity index is 1.60. The van der Waals surface area contributed by atoms with Crippen LogP contribution >= 0.6 is 11.6 Å². The fourth-order valence-electron chi connectivity index (χ4n) is 4.74. The number of carbonyl (C=O) groups excluding carboxylic acids is 2. The first-order chi connectivity index (χ1) is 17.9. The van der Waals surface area contributed by atoms with Gasteiger partial charge >= 0.3 is 0 Å². The lowest BCUT2D eigenvalue weighted by Crippen LogP contribution is -2.53. The molecule has 0 radical (unpaired) electrons. The van der Waals surface area contributed by atoms with E-state index in [1.54, 1.807) is 17.0 Å². The van der Waals surface area contributed by atoms with E-state index >= 15 is 0 Å². The molecule has 1 aliphatic carbocycles. The van der Waals surface area contributed by atoms with E-state index in [0.717, 1.165) is 47.9 Å². The standard InChI is InChI=1S/C31H35ClN2O3/c1-22-12-17-28(18-23(22)2)37-21-30(35)34(20-25-13-15-26(32)16-14-25)29(19-24-8-4-3-5-9-24)31(36)33-27-10-6-7-11-27/h3-5,8-9,12-18,27,29H,6-7,10-11,19-21H2,1-2H3,(H,33,36)/t29-/m0/s1. The van der Waals surface area contributed by atoms with E-state index in [9.17, 15) is 9.59 Å². The first-order valence-corrected chi connectivity index (χ1v) is 13.3. The Morgan fingerprint density at radius 2 is 1.65 bits per heavy atom. The largest absolute Gasteiger partial charge is 0.484 e. The molecule has 3 aromatic rings. The predicted molar refractivity (Wildman–Crippen MR) is 148 cm³/mol. The van der Waals surface area contributed by atoms with Crippen LogP contribution in [0.3, 0.4) is 0 Å². The van der Waals surface area contributed by atoms with Crippen LogP contribution in [0.15, 0.2) is 72.8 Å². The molecule has 0 spiro atoms. The maximum atomic E-state index is 13.7. The molecular weight excluding hydrogens is 484 g/mol. The van der Waals surface area contributed by atoms with Crippen LogP contribution in [-0.2, 0) is 22.6 Å². The number of halogens is 1. The Kier molecular flexibility index (Phi) is 9.24. The predicted octanol–water partition coefficient (Wildman–Crippen LogP) is 6.03. The number of ether oxygens (including phenoxy) is 1. The second kappa shape index (κ2) is 12.8. The van der Waals surface area contributed by atoms with Crippen LogP contribution in [0, 0.1) is 13.8 Å². The van der Waals surface area contributed by atoms with E-state index < -0.39 is 6.04 Å². The number of nitrogens with one attached hydrogen (secondary N) is 1. The average molecular weight is 519 g/mol. The molecule has 0 unspecified atom stereocenters. The zero-order valence-corrected chi connectivity index (χ0v) is 22.3. The number of nitrogens with zero attached hydrogens (tertiary/aromatic N) is 1. The number of aryl methyl sites for hydroxylation is 2. The molecule has 1 fully saturated rings. The van der Waals surface area contributed by atoms with E-state index in [1.807, 2.05) is 74.5 Å². The van der Waals surface area contributed by atoms with E-state index in [4.69, 9.17) is 16.3 Å². The quantitative estimate of drug-likeness (QED) is 0.356. The maximum Gasteiger partial charge on any atom is 0.261 e. The lowest BCUT2D eigenvalue weighted by Gasteiger charge is -2.32. The third-order valence-electron chi connectivity index (χ3n) is 7.08. The van der Waals surface area contributed by atoms with Crippen LogP contribution in [0.4, 0.5) is 0 Å². The molecule has 37 heavy (non-hydrogen) atoms. The molecule has 1 saturated carbocycles. The summed E-state index contributed by atoms with van der Waals surface area (Å²) < 4.78 is 5.91. The first-order valence-electron chi connectivity index (χ1n) is 13.0. The number of benzene rings is 3. The summed E-state index contributed by atoms with van der Waals surface area (Å²) in [5, 5.41) is 3.85. The fourth-order valence-corrected chi connectivity index (χ4v) is 4.87. The summed E-state index contributed by atoms with van der Waals surface area (Å²) in [5.74, 6) is 0.276. The van der Waals surface area contributed by atoms with Crippen LogP contribution in [0.25, 0.3) is 0 Å². The number of carbonyl (C=O) groups is 2. The summed E-state index contributed by atoms with van der Waals surface area (Å²) >= 11 is 6.10. The van der Waals surface area contributed by atoms with E-state index in [0.29, 0.717) is 17.2 Å². The second-order valence-electron chi connectivity index (χ2n) is 9.88. The highest BCUT2D eigenvalue weighted by Gasteiger charge is 2.32. The third kappa shape index (κ3) is 7.59. The highest BCUT2D eigenvalue weighted by atomic mass is 35.5. The molecular formula is C31H35ClN2O3. The minimum Gasteiger partial charge on any atom is -0.484 e. The summed E-state index contributed by atoms with van der Waals surface area (Å²) in [6, 6.07) is 22.5. The normalized spacial score (nSPS) is 14.2. The van der Waals surface area contributed by atoms with Crippen molar-refractivity contribution in [3.05, 3.63) is 100 Å². The molecule has 4 rings (SSSR count). The second-order valence-corrected chi connectivity index (χ2v) is 10.3. The molecule has 0 heterocycles. The highest BCUT2D eigenvalue weighted by Crippen LogP contribution is 2.21. The average Bonchev–Trinajstić information content (AvgIpc) is 3.41. The molecule has 0 saturated heterocycles. The van der Waals surface area contributed by atoms with Gasteiger partial charge < -0.3 is 15.0 Å². The minimum atomic E-state index is -0.672. The molecule has 6 heteroatoms. The van der Waals surface area contributed by atoms with Crippen molar-refractivity contribution in [1.82, 2.24) is 10.2 Å². The molecule has 2 amide bonds. The first kappa shape index (κ1) is 26.7. The van der Waals surface area contributed by atoms with Crippen molar-refractivity contribution < 1.29 is 14.3 Å². The van der Waals surface area contributed by atoms with Crippen molar-refractivity contribution in [2.24, 2.45) is 0 Å². The lowest BCUT2D eigenvalue weighted by atomic mass is 10.0. The lowest BCUT2D eigenvalue weighted by molar-refractivity contribution is -0.143. The van der Waals surface area contributed by atoms with Gasteiger partial charge in [0.25, 0.3) is 5.91 Å². The van der Waals surface area contributed by atoms with Gasteiger partial charge in [-0.2, -0.15) is 0 Å². The summed E-state index contributed by atoms with van der Waals surface area (Å²) in [6.07, 6.45) is 4.61. The van der Waals surface area contributed by atoms with E-state index in [-0.39, 0.29) is 31.0 Å². The van der Waals surface area contributed by atoms with Crippen LogP contribution in [0.1, 0.15) is 47.9 Å². The molecule has 0 aromatic heterocycles. The van der Waals surface area contributed by atoms with Crippen molar-refractivity contribution in [2.45, 2.75) is 64.6 Å². The molecule has 3 aromatic carbocycles. The van der Waals surface area contributed by atoms with Crippen molar-refractivity contribution in [1.29, 1.82) is 0 Å². The zero-order valence-electron chi connectivity index (χ0n) is 21.6. The molecule has 1 N–H and O–H groups in total. The van der Waals surface area contributed by atoms with Gasteiger partial charge in [0.15, 0.2) is 6.61 Å². The van der Waals surface area contributed by atoms with E-state index in [2.05, 4.69) is 5.32 Å². The molecule has 0 aliphatic heterocycles. The Labute approximate surface area is 224 Å². The molecule has 0 bridgehead atoms.